The third-order valence-corrected chi connectivity index (χ3v) is 4.63. The highest BCUT2D eigenvalue weighted by Crippen LogP contribution is 2.13. The van der Waals surface area contributed by atoms with Gasteiger partial charge in [-0.15, -0.1) is 0 Å². The molecule has 1 aromatic carbocycles. The zero-order valence-corrected chi connectivity index (χ0v) is 16.0. The predicted molar refractivity (Wildman–Crippen MR) is 99.3 cm³/mol. The summed E-state index contributed by atoms with van der Waals surface area (Å²) in [4.78, 5) is 12.5. The zero-order valence-electron chi connectivity index (χ0n) is 14.5. The first kappa shape index (κ1) is 17.4. The lowest BCUT2D eigenvalue weighted by Crippen LogP contribution is -2.23. The molecule has 25 heavy (non-hydrogen) atoms. The van der Waals surface area contributed by atoms with E-state index in [2.05, 4.69) is 31.4 Å². The Morgan fingerprint density at radius 2 is 2.12 bits per heavy atom. The SMILES string of the molecule is Cc1nn(C)c(C)c1CNC(=O)c1cccc(Cn2cc(Br)cn2)c1. The lowest BCUT2D eigenvalue weighted by Gasteiger charge is -2.08. The van der Waals surface area contributed by atoms with Crippen LogP contribution in [0.2, 0.25) is 0 Å². The van der Waals surface area contributed by atoms with Gasteiger partial charge in [-0.05, 0) is 47.5 Å². The number of carbonyl (C=O) groups excluding carboxylic acids is 1. The minimum Gasteiger partial charge on any atom is -0.348 e. The van der Waals surface area contributed by atoms with Crippen molar-refractivity contribution in [2.45, 2.75) is 26.9 Å². The molecule has 3 rings (SSSR count). The van der Waals surface area contributed by atoms with Gasteiger partial charge in [0.2, 0.25) is 0 Å². The van der Waals surface area contributed by atoms with Gasteiger partial charge in [-0.1, -0.05) is 12.1 Å². The minimum absolute atomic E-state index is 0.0915. The highest BCUT2D eigenvalue weighted by Gasteiger charge is 2.12. The fraction of sp³-hybridized carbons (Fsp3) is 0.278. The molecule has 0 atom stereocenters. The third-order valence-electron chi connectivity index (χ3n) is 4.22. The number of nitrogens with one attached hydrogen (secondary N) is 1. The molecule has 0 saturated heterocycles. The Kier molecular flexibility index (Phi) is 5.03. The molecule has 2 aromatic heterocycles. The lowest BCUT2D eigenvalue weighted by molar-refractivity contribution is 0.0950. The van der Waals surface area contributed by atoms with Crippen molar-refractivity contribution in [3.05, 3.63) is 69.2 Å². The molecular formula is C18H20BrN5O. The van der Waals surface area contributed by atoms with Crippen LogP contribution in [0.1, 0.15) is 32.9 Å². The molecule has 1 N–H and O–H groups in total. The molecule has 0 radical (unpaired) electrons. The van der Waals surface area contributed by atoms with E-state index >= 15 is 0 Å². The van der Waals surface area contributed by atoms with Crippen LogP contribution in [0.15, 0.2) is 41.1 Å². The standard InChI is InChI=1S/C18H20BrN5O/c1-12-17(13(2)23(3)22-12)9-20-18(25)15-6-4-5-14(7-15)10-24-11-16(19)8-21-24/h4-8,11H,9-10H2,1-3H3,(H,20,25). The maximum atomic E-state index is 12.5. The second kappa shape index (κ2) is 7.23. The minimum atomic E-state index is -0.0915. The molecule has 0 aliphatic heterocycles. The highest BCUT2D eigenvalue weighted by molar-refractivity contribution is 9.10. The van der Waals surface area contributed by atoms with E-state index in [1.165, 1.54) is 0 Å². The normalized spacial score (nSPS) is 10.9. The Bertz CT molecular complexity index is 912. The first-order valence-corrected chi connectivity index (χ1v) is 8.77. The van der Waals surface area contributed by atoms with E-state index in [0.29, 0.717) is 18.7 Å². The van der Waals surface area contributed by atoms with Crippen LogP contribution in [0, 0.1) is 13.8 Å². The summed E-state index contributed by atoms with van der Waals surface area (Å²) in [6, 6.07) is 7.60. The van der Waals surface area contributed by atoms with E-state index in [9.17, 15) is 4.79 Å². The Hall–Kier alpha value is -2.41. The Morgan fingerprint density at radius 3 is 2.76 bits per heavy atom. The number of aromatic nitrogens is 4. The number of rotatable bonds is 5. The van der Waals surface area contributed by atoms with Gasteiger partial charge in [0, 0.05) is 36.6 Å². The van der Waals surface area contributed by atoms with E-state index < -0.39 is 0 Å². The van der Waals surface area contributed by atoms with Crippen LogP contribution in [-0.4, -0.2) is 25.5 Å². The maximum absolute atomic E-state index is 12.5. The van der Waals surface area contributed by atoms with Crippen molar-refractivity contribution >= 4 is 21.8 Å². The van der Waals surface area contributed by atoms with Gasteiger partial charge >= 0.3 is 0 Å². The van der Waals surface area contributed by atoms with Crippen LogP contribution >= 0.6 is 15.9 Å². The van der Waals surface area contributed by atoms with Crippen molar-refractivity contribution in [3.63, 3.8) is 0 Å². The van der Waals surface area contributed by atoms with Gasteiger partial charge in [0.15, 0.2) is 0 Å². The van der Waals surface area contributed by atoms with Crippen LogP contribution in [0.3, 0.4) is 0 Å². The number of benzene rings is 1. The smallest absolute Gasteiger partial charge is 0.251 e. The summed E-state index contributed by atoms with van der Waals surface area (Å²) in [7, 11) is 1.91. The quantitative estimate of drug-likeness (QED) is 0.714. The number of nitrogens with zero attached hydrogens (tertiary/aromatic N) is 4. The molecule has 0 bridgehead atoms. The average Bonchev–Trinajstić information content (AvgIpc) is 3.09. The van der Waals surface area contributed by atoms with Crippen molar-refractivity contribution in [3.8, 4) is 0 Å². The predicted octanol–water partition coefficient (Wildman–Crippen LogP) is 2.97. The molecular weight excluding hydrogens is 382 g/mol. The molecule has 1 amide bonds. The summed E-state index contributed by atoms with van der Waals surface area (Å²) >= 11 is 3.38. The van der Waals surface area contributed by atoms with Crippen molar-refractivity contribution in [2.24, 2.45) is 7.05 Å². The number of hydrogen-bond acceptors (Lipinski definition) is 3. The molecule has 0 saturated carbocycles. The highest BCUT2D eigenvalue weighted by atomic mass is 79.9. The van der Waals surface area contributed by atoms with Gasteiger partial charge < -0.3 is 5.32 Å². The summed E-state index contributed by atoms with van der Waals surface area (Å²) in [5, 5.41) is 11.6. The fourth-order valence-corrected chi connectivity index (χ4v) is 3.09. The summed E-state index contributed by atoms with van der Waals surface area (Å²) in [5.41, 5.74) is 4.74. The van der Waals surface area contributed by atoms with E-state index in [1.807, 2.05) is 60.7 Å². The molecule has 7 heteroatoms. The molecule has 0 aliphatic rings. The summed E-state index contributed by atoms with van der Waals surface area (Å²) in [6.45, 7) is 5.05. The van der Waals surface area contributed by atoms with Crippen LogP contribution in [0.4, 0.5) is 0 Å². The van der Waals surface area contributed by atoms with Gasteiger partial charge in [0.05, 0.1) is 22.9 Å². The second-order valence-electron chi connectivity index (χ2n) is 6.01. The first-order valence-electron chi connectivity index (χ1n) is 7.98. The Balaban J connectivity index is 1.69. The number of hydrogen-bond donors (Lipinski definition) is 1. The Labute approximate surface area is 155 Å². The maximum Gasteiger partial charge on any atom is 0.251 e. The number of carbonyl (C=O) groups is 1. The second-order valence-corrected chi connectivity index (χ2v) is 6.93. The Morgan fingerprint density at radius 1 is 1.32 bits per heavy atom. The fourth-order valence-electron chi connectivity index (χ4n) is 2.77. The number of amides is 1. The molecule has 130 valence electrons. The molecule has 0 spiro atoms. The topological polar surface area (TPSA) is 64.7 Å². The van der Waals surface area contributed by atoms with Gasteiger partial charge in [0.1, 0.15) is 0 Å². The first-order chi connectivity index (χ1) is 11.9. The lowest BCUT2D eigenvalue weighted by atomic mass is 10.1. The zero-order chi connectivity index (χ0) is 18.0. The average molecular weight is 402 g/mol. The number of halogens is 1. The van der Waals surface area contributed by atoms with Crippen LogP contribution in [0.25, 0.3) is 0 Å². The third kappa shape index (κ3) is 3.99. The molecule has 0 unspecified atom stereocenters. The molecule has 2 heterocycles. The monoisotopic (exact) mass is 401 g/mol. The van der Waals surface area contributed by atoms with Crippen molar-refractivity contribution in [1.82, 2.24) is 24.9 Å². The molecule has 0 aliphatic carbocycles. The molecule has 6 nitrogen and oxygen atoms in total. The number of aryl methyl sites for hydroxylation is 2. The summed E-state index contributed by atoms with van der Waals surface area (Å²) in [6.07, 6.45) is 3.65. The van der Waals surface area contributed by atoms with Gasteiger partial charge in [0.25, 0.3) is 5.91 Å². The van der Waals surface area contributed by atoms with E-state index in [4.69, 9.17) is 0 Å². The van der Waals surface area contributed by atoms with Gasteiger partial charge in [-0.25, -0.2) is 0 Å². The van der Waals surface area contributed by atoms with Gasteiger partial charge in [-0.3, -0.25) is 14.2 Å². The van der Waals surface area contributed by atoms with Crippen molar-refractivity contribution in [2.75, 3.05) is 0 Å². The van der Waals surface area contributed by atoms with Crippen LogP contribution < -0.4 is 5.32 Å². The van der Waals surface area contributed by atoms with E-state index in [1.54, 1.807) is 6.20 Å². The van der Waals surface area contributed by atoms with E-state index in [-0.39, 0.29) is 5.91 Å². The summed E-state index contributed by atoms with van der Waals surface area (Å²) < 4.78 is 4.59. The van der Waals surface area contributed by atoms with Crippen LogP contribution in [0.5, 0.6) is 0 Å². The molecule has 3 aromatic rings. The van der Waals surface area contributed by atoms with Gasteiger partial charge in [-0.2, -0.15) is 10.2 Å². The molecule has 0 fully saturated rings. The van der Waals surface area contributed by atoms with E-state index in [0.717, 1.165) is 27.0 Å². The van der Waals surface area contributed by atoms with Crippen molar-refractivity contribution in [1.29, 1.82) is 0 Å². The largest absolute Gasteiger partial charge is 0.348 e. The summed E-state index contributed by atoms with van der Waals surface area (Å²) in [5.74, 6) is -0.0915. The van der Waals surface area contributed by atoms with Crippen molar-refractivity contribution < 1.29 is 4.79 Å². The van der Waals surface area contributed by atoms with Crippen LogP contribution in [-0.2, 0) is 20.1 Å².